The second-order valence-corrected chi connectivity index (χ2v) is 5.55. The van der Waals surface area contributed by atoms with Gasteiger partial charge in [-0.25, -0.2) is 9.59 Å². The Morgan fingerprint density at radius 1 is 1.00 bits per heavy atom. The maximum absolute atomic E-state index is 12.1. The Labute approximate surface area is 155 Å². The van der Waals surface area contributed by atoms with E-state index >= 15 is 0 Å². The van der Waals surface area contributed by atoms with Gasteiger partial charge in [-0.05, 0) is 42.0 Å². The first-order valence-electron chi connectivity index (χ1n) is 8.03. The van der Waals surface area contributed by atoms with Gasteiger partial charge in [0.1, 0.15) is 0 Å². The lowest BCUT2D eigenvalue weighted by Gasteiger charge is -2.03. The van der Waals surface area contributed by atoms with E-state index in [1.807, 2.05) is 0 Å². The van der Waals surface area contributed by atoms with Crippen molar-refractivity contribution >= 4 is 23.8 Å². The predicted molar refractivity (Wildman–Crippen MR) is 94.7 cm³/mol. The molecular formula is C20H16O7. The van der Waals surface area contributed by atoms with Crippen LogP contribution in [0.3, 0.4) is 0 Å². The molecule has 27 heavy (non-hydrogen) atoms. The van der Waals surface area contributed by atoms with Crippen LogP contribution < -0.4 is 9.47 Å². The molecule has 0 unspecified atom stereocenters. The lowest BCUT2D eigenvalue weighted by molar-refractivity contribution is -0.136. The van der Waals surface area contributed by atoms with Crippen LogP contribution in [0.15, 0.2) is 48.5 Å². The van der Waals surface area contributed by atoms with Gasteiger partial charge in [-0.1, -0.05) is 12.1 Å². The highest BCUT2D eigenvalue weighted by Gasteiger charge is 2.16. The number of esters is 2. The molecule has 7 heteroatoms. The smallest absolute Gasteiger partial charge is 0.337 e. The summed E-state index contributed by atoms with van der Waals surface area (Å²) in [5.74, 6) is -0.377. The number of hydrogen-bond acceptors (Lipinski definition) is 7. The molecule has 0 N–H and O–H groups in total. The number of ether oxygens (including phenoxy) is 4. The van der Waals surface area contributed by atoms with Crippen LogP contribution in [0, 0.1) is 0 Å². The Morgan fingerprint density at radius 3 is 2.44 bits per heavy atom. The molecule has 0 spiro atoms. The number of Topliss-reactive ketones (excluding diaryl/α,β-unsaturated/α-hetero) is 1. The normalized spacial score (nSPS) is 12.0. The molecule has 0 saturated carbocycles. The summed E-state index contributed by atoms with van der Waals surface area (Å²) in [5.41, 5.74) is 1.47. The highest BCUT2D eigenvalue weighted by atomic mass is 16.7. The number of benzene rings is 2. The van der Waals surface area contributed by atoms with Crippen LogP contribution in [0.25, 0.3) is 6.08 Å². The van der Waals surface area contributed by atoms with Gasteiger partial charge in [0.2, 0.25) is 6.79 Å². The zero-order chi connectivity index (χ0) is 19.2. The highest BCUT2D eigenvalue weighted by Crippen LogP contribution is 2.32. The van der Waals surface area contributed by atoms with E-state index in [1.54, 1.807) is 42.5 Å². The van der Waals surface area contributed by atoms with Crippen molar-refractivity contribution in [2.45, 2.75) is 0 Å². The average molecular weight is 368 g/mol. The van der Waals surface area contributed by atoms with Crippen molar-refractivity contribution in [3.05, 3.63) is 65.2 Å². The third kappa shape index (κ3) is 4.52. The second-order valence-electron chi connectivity index (χ2n) is 5.55. The van der Waals surface area contributed by atoms with E-state index in [1.165, 1.54) is 19.3 Å². The molecule has 0 radical (unpaired) electrons. The summed E-state index contributed by atoms with van der Waals surface area (Å²) < 4.78 is 20.0. The van der Waals surface area contributed by atoms with Crippen LogP contribution in [0.2, 0.25) is 0 Å². The van der Waals surface area contributed by atoms with E-state index < -0.39 is 11.9 Å². The molecule has 0 bridgehead atoms. The molecule has 1 aliphatic heterocycles. The SMILES string of the molecule is COC(=O)c1ccc(/C=C/C(=O)OCC(=O)c2ccc3c(c2)OCO3)cc1. The Kier molecular flexibility index (Phi) is 5.51. The second kappa shape index (κ2) is 8.18. The predicted octanol–water partition coefficient (Wildman–Crippen LogP) is 2.64. The van der Waals surface area contributed by atoms with Crippen LogP contribution in [0.1, 0.15) is 26.3 Å². The summed E-state index contributed by atoms with van der Waals surface area (Å²) >= 11 is 0. The fourth-order valence-electron chi connectivity index (χ4n) is 2.35. The minimum absolute atomic E-state index is 0.118. The van der Waals surface area contributed by atoms with Gasteiger partial charge in [-0.3, -0.25) is 4.79 Å². The van der Waals surface area contributed by atoms with Gasteiger partial charge in [0.25, 0.3) is 0 Å². The number of carbonyl (C=O) groups is 3. The highest BCUT2D eigenvalue weighted by molar-refractivity contribution is 5.99. The zero-order valence-corrected chi connectivity index (χ0v) is 14.5. The van der Waals surface area contributed by atoms with Crippen molar-refractivity contribution in [2.24, 2.45) is 0 Å². The van der Waals surface area contributed by atoms with Crippen LogP contribution in [-0.4, -0.2) is 38.2 Å². The summed E-state index contributed by atoms with van der Waals surface area (Å²) in [6, 6.07) is 11.3. The third-order valence-corrected chi connectivity index (χ3v) is 3.78. The van der Waals surface area contributed by atoms with Gasteiger partial charge in [0.15, 0.2) is 23.9 Å². The number of carbonyl (C=O) groups excluding carboxylic acids is 3. The Hall–Kier alpha value is -3.61. The minimum atomic E-state index is -0.652. The van der Waals surface area contributed by atoms with Crippen molar-refractivity contribution < 1.29 is 33.3 Å². The van der Waals surface area contributed by atoms with Gasteiger partial charge in [0, 0.05) is 11.6 Å². The van der Waals surface area contributed by atoms with Crippen LogP contribution >= 0.6 is 0 Å². The van der Waals surface area contributed by atoms with Gasteiger partial charge in [0.05, 0.1) is 12.7 Å². The number of rotatable bonds is 6. The molecule has 0 atom stereocenters. The minimum Gasteiger partial charge on any atom is -0.465 e. The standard InChI is InChI=1S/C20H16O7/c1-24-20(23)14-5-2-13(3-6-14)4-9-19(22)25-11-16(21)15-7-8-17-18(10-15)27-12-26-17/h2-10H,11-12H2,1H3/b9-4+. The van der Waals surface area contributed by atoms with Gasteiger partial charge >= 0.3 is 11.9 Å². The molecule has 2 aromatic carbocycles. The monoisotopic (exact) mass is 368 g/mol. The lowest BCUT2D eigenvalue weighted by Crippen LogP contribution is -2.12. The molecule has 1 aliphatic rings. The van der Waals surface area contributed by atoms with Crippen molar-refractivity contribution in [2.75, 3.05) is 20.5 Å². The maximum atomic E-state index is 12.1. The van der Waals surface area contributed by atoms with Crippen LogP contribution in [-0.2, 0) is 14.3 Å². The first kappa shape index (κ1) is 18.2. The molecule has 0 aromatic heterocycles. The number of methoxy groups -OCH3 is 1. The van der Waals surface area contributed by atoms with E-state index in [4.69, 9.17) is 14.2 Å². The Balaban J connectivity index is 1.52. The maximum Gasteiger partial charge on any atom is 0.337 e. The molecule has 3 rings (SSSR count). The molecule has 2 aromatic rings. The Morgan fingerprint density at radius 2 is 1.70 bits per heavy atom. The van der Waals surface area contributed by atoms with Gasteiger partial charge in [-0.15, -0.1) is 0 Å². The summed E-state index contributed by atoms with van der Waals surface area (Å²) in [6.07, 6.45) is 2.73. The lowest BCUT2D eigenvalue weighted by atomic mass is 10.1. The summed E-state index contributed by atoms with van der Waals surface area (Å²) in [5, 5.41) is 0. The molecule has 138 valence electrons. The molecule has 0 amide bonds. The van der Waals surface area contributed by atoms with E-state index in [0.717, 1.165) is 0 Å². The zero-order valence-electron chi connectivity index (χ0n) is 14.5. The van der Waals surface area contributed by atoms with Crippen molar-refractivity contribution in [1.29, 1.82) is 0 Å². The van der Waals surface area contributed by atoms with E-state index in [-0.39, 0.29) is 19.2 Å². The fraction of sp³-hybridized carbons (Fsp3) is 0.150. The number of fused-ring (bicyclic) bond motifs is 1. The number of hydrogen-bond donors (Lipinski definition) is 0. The average Bonchev–Trinajstić information content (AvgIpc) is 3.18. The van der Waals surface area contributed by atoms with Crippen LogP contribution in [0.5, 0.6) is 11.5 Å². The van der Waals surface area contributed by atoms with Crippen molar-refractivity contribution in [3.8, 4) is 11.5 Å². The number of ketones is 1. The van der Waals surface area contributed by atoms with Crippen molar-refractivity contribution in [1.82, 2.24) is 0 Å². The van der Waals surface area contributed by atoms with E-state index in [2.05, 4.69) is 4.74 Å². The molecule has 1 heterocycles. The molecular weight excluding hydrogens is 352 g/mol. The summed E-state index contributed by atoms with van der Waals surface area (Å²) in [7, 11) is 1.30. The topological polar surface area (TPSA) is 88.1 Å². The largest absolute Gasteiger partial charge is 0.465 e. The molecule has 0 fully saturated rings. The Bertz CT molecular complexity index is 897. The van der Waals surface area contributed by atoms with E-state index in [0.29, 0.717) is 28.2 Å². The summed E-state index contributed by atoms with van der Waals surface area (Å²) in [6.45, 7) is -0.266. The van der Waals surface area contributed by atoms with E-state index in [9.17, 15) is 14.4 Å². The quantitative estimate of drug-likeness (QED) is 0.440. The van der Waals surface area contributed by atoms with Gasteiger partial charge < -0.3 is 18.9 Å². The first-order chi connectivity index (χ1) is 13.1. The fourth-order valence-corrected chi connectivity index (χ4v) is 2.35. The van der Waals surface area contributed by atoms with Crippen molar-refractivity contribution in [3.63, 3.8) is 0 Å². The van der Waals surface area contributed by atoms with Gasteiger partial charge in [-0.2, -0.15) is 0 Å². The van der Waals surface area contributed by atoms with Crippen LogP contribution in [0.4, 0.5) is 0 Å². The third-order valence-electron chi connectivity index (χ3n) is 3.78. The summed E-state index contributed by atoms with van der Waals surface area (Å²) in [4.78, 5) is 35.3. The molecule has 0 aliphatic carbocycles. The molecule has 0 saturated heterocycles. The first-order valence-corrected chi connectivity index (χ1v) is 8.03. The molecule has 7 nitrogen and oxygen atoms in total.